The molecule has 178 valence electrons. The molecule has 3 N–H and O–H groups in total. The van der Waals surface area contributed by atoms with Crippen LogP contribution in [0.5, 0.6) is 5.75 Å². The highest BCUT2D eigenvalue weighted by atomic mass is 127. The van der Waals surface area contributed by atoms with Gasteiger partial charge in [0.25, 0.3) is 0 Å². The van der Waals surface area contributed by atoms with Crippen molar-refractivity contribution in [2.24, 2.45) is 10.9 Å². The van der Waals surface area contributed by atoms with Gasteiger partial charge < -0.3 is 20.5 Å². The van der Waals surface area contributed by atoms with Crippen LogP contribution in [-0.4, -0.2) is 42.7 Å². The van der Waals surface area contributed by atoms with Gasteiger partial charge in [-0.15, -0.1) is 37.1 Å². The molecule has 0 aromatic heterocycles. The Morgan fingerprint density at radius 1 is 1.16 bits per heavy atom. The number of aliphatic hydroxyl groups is 1. The Kier molecular flexibility index (Phi) is 10.7. The second kappa shape index (κ2) is 12.0. The normalized spacial score (nSPS) is 21.1. The zero-order valence-corrected chi connectivity index (χ0v) is 19.1. The topological polar surface area (TPSA) is 65.9 Å². The van der Waals surface area contributed by atoms with E-state index in [0.29, 0.717) is 24.9 Å². The number of nitrogens with one attached hydrogen (secondary N) is 2. The first-order chi connectivity index (χ1) is 14.0. The van der Waals surface area contributed by atoms with E-state index in [1.165, 1.54) is 12.1 Å². The molecule has 3 unspecified atom stereocenters. The summed E-state index contributed by atoms with van der Waals surface area (Å²) in [5, 5.41) is 16.2. The quantitative estimate of drug-likeness (QED) is 0.197. The van der Waals surface area contributed by atoms with Crippen LogP contribution < -0.4 is 15.4 Å². The average Bonchev–Trinajstić information content (AvgIpc) is 2.65. The fraction of sp³-hybridized carbons (Fsp3) is 0.632. The van der Waals surface area contributed by atoms with Gasteiger partial charge in [0, 0.05) is 12.6 Å². The van der Waals surface area contributed by atoms with Crippen molar-refractivity contribution >= 4 is 29.9 Å². The predicted molar refractivity (Wildman–Crippen MR) is 114 cm³/mol. The summed E-state index contributed by atoms with van der Waals surface area (Å²) in [5.41, 5.74) is 0.332. The lowest BCUT2D eigenvalue weighted by Crippen LogP contribution is -2.47. The van der Waals surface area contributed by atoms with Crippen molar-refractivity contribution in [3.63, 3.8) is 0 Å². The van der Waals surface area contributed by atoms with Gasteiger partial charge in [0.15, 0.2) is 5.96 Å². The Bertz CT molecular complexity index is 697. The van der Waals surface area contributed by atoms with Crippen molar-refractivity contribution in [1.82, 2.24) is 10.6 Å². The molecule has 12 heteroatoms. The van der Waals surface area contributed by atoms with Gasteiger partial charge in [0.2, 0.25) is 0 Å². The SMILES string of the molecule is CCNC(=NCC(O)c1ccc(OC(F)(F)F)cc1)NC1CCCC(C(F)(F)F)C1.I. The molecule has 2 rings (SSSR count). The van der Waals surface area contributed by atoms with E-state index in [0.717, 1.165) is 12.1 Å². The minimum absolute atomic E-state index is 0. The van der Waals surface area contributed by atoms with E-state index in [1.807, 2.05) is 0 Å². The van der Waals surface area contributed by atoms with E-state index < -0.39 is 30.3 Å². The van der Waals surface area contributed by atoms with Gasteiger partial charge in [0.05, 0.1) is 18.6 Å². The number of hydrogen-bond donors (Lipinski definition) is 3. The number of halogens is 7. The first-order valence-electron chi connectivity index (χ1n) is 9.63. The van der Waals surface area contributed by atoms with E-state index >= 15 is 0 Å². The molecule has 0 aliphatic heterocycles. The van der Waals surface area contributed by atoms with Crippen LogP contribution in [0.1, 0.15) is 44.3 Å². The van der Waals surface area contributed by atoms with E-state index in [2.05, 4.69) is 20.4 Å². The molecule has 0 spiro atoms. The number of benzene rings is 1. The lowest BCUT2D eigenvalue weighted by molar-refractivity contribution is -0.274. The maximum Gasteiger partial charge on any atom is 0.573 e. The third-order valence-corrected chi connectivity index (χ3v) is 4.74. The van der Waals surface area contributed by atoms with Crippen molar-refractivity contribution in [1.29, 1.82) is 0 Å². The molecule has 1 saturated carbocycles. The highest BCUT2D eigenvalue weighted by Crippen LogP contribution is 2.37. The molecule has 0 bridgehead atoms. The molecule has 1 fully saturated rings. The van der Waals surface area contributed by atoms with Gasteiger partial charge >= 0.3 is 12.5 Å². The lowest BCUT2D eigenvalue weighted by Gasteiger charge is -2.32. The number of hydrogen-bond acceptors (Lipinski definition) is 3. The fourth-order valence-corrected chi connectivity index (χ4v) is 3.31. The van der Waals surface area contributed by atoms with E-state index in [1.54, 1.807) is 6.92 Å². The molecule has 1 aliphatic carbocycles. The molecule has 0 radical (unpaired) electrons. The Hall–Kier alpha value is -1.44. The second-order valence-corrected chi connectivity index (χ2v) is 7.10. The molecule has 1 aliphatic rings. The van der Waals surface area contributed by atoms with Crippen molar-refractivity contribution in [2.45, 2.75) is 57.3 Å². The van der Waals surface area contributed by atoms with Crippen LogP contribution in [0.4, 0.5) is 26.3 Å². The molecule has 0 heterocycles. The van der Waals surface area contributed by atoms with E-state index in [-0.39, 0.29) is 55.4 Å². The van der Waals surface area contributed by atoms with Gasteiger partial charge in [-0.1, -0.05) is 18.6 Å². The van der Waals surface area contributed by atoms with Crippen LogP contribution in [0.3, 0.4) is 0 Å². The number of aliphatic imine (C=N–C) groups is 1. The highest BCUT2D eigenvalue weighted by Gasteiger charge is 2.42. The van der Waals surface area contributed by atoms with Crippen LogP contribution >= 0.6 is 24.0 Å². The summed E-state index contributed by atoms with van der Waals surface area (Å²) >= 11 is 0. The van der Waals surface area contributed by atoms with Gasteiger partial charge in [-0.25, -0.2) is 0 Å². The van der Waals surface area contributed by atoms with Crippen LogP contribution in [0.2, 0.25) is 0 Å². The minimum Gasteiger partial charge on any atom is -0.406 e. The third-order valence-electron chi connectivity index (χ3n) is 4.74. The second-order valence-electron chi connectivity index (χ2n) is 7.10. The Morgan fingerprint density at radius 3 is 2.35 bits per heavy atom. The summed E-state index contributed by atoms with van der Waals surface area (Å²) in [5.74, 6) is -1.48. The Balaban J connectivity index is 0.00000480. The summed E-state index contributed by atoms with van der Waals surface area (Å²) in [6, 6.07) is 4.35. The van der Waals surface area contributed by atoms with Crippen LogP contribution in [0.25, 0.3) is 0 Å². The summed E-state index contributed by atoms with van der Waals surface area (Å²) in [7, 11) is 0. The van der Waals surface area contributed by atoms with Crippen molar-refractivity contribution < 1.29 is 36.2 Å². The summed E-state index contributed by atoms with van der Waals surface area (Å²) in [4.78, 5) is 4.20. The largest absolute Gasteiger partial charge is 0.573 e. The van der Waals surface area contributed by atoms with Gasteiger partial charge in [0.1, 0.15) is 5.75 Å². The van der Waals surface area contributed by atoms with Gasteiger partial charge in [-0.2, -0.15) is 13.2 Å². The molecular weight excluding hydrogens is 543 g/mol. The van der Waals surface area contributed by atoms with Crippen LogP contribution in [0, 0.1) is 5.92 Å². The van der Waals surface area contributed by atoms with E-state index in [9.17, 15) is 31.4 Å². The monoisotopic (exact) mass is 569 g/mol. The van der Waals surface area contributed by atoms with Crippen molar-refractivity contribution in [2.75, 3.05) is 13.1 Å². The molecule has 0 saturated heterocycles. The van der Waals surface area contributed by atoms with E-state index in [4.69, 9.17) is 0 Å². The molecule has 3 atom stereocenters. The fourth-order valence-electron chi connectivity index (χ4n) is 3.31. The number of guanidine groups is 1. The standard InChI is InChI=1S/C19H25F6N3O2.HI/c1-2-26-17(28-14-5-3-4-13(10-14)18(20,21)22)27-11-16(29)12-6-8-15(9-7-12)30-19(23,24)25;/h6-9,13-14,16,29H,2-5,10-11H2,1H3,(H2,26,27,28);1H. The number of ether oxygens (including phenoxy) is 1. The summed E-state index contributed by atoms with van der Waals surface area (Å²) < 4.78 is 79.3. The number of rotatable bonds is 6. The zero-order chi connectivity index (χ0) is 22.4. The number of nitrogens with zero attached hydrogens (tertiary/aromatic N) is 1. The predicted octanol–water partition coefficient (Wildman–Crippen LogP) is 4.91. The van der Waals surface area contributed by atoms with Gasteiger partial charge in [-0.3, -0.25) is 4.99 Å². The molecule has 5 nitrogen and oxygen atoms in total. The third kappa shape index (κ3) is 9.71. The minimum atomic E-state index is -4.80. The molecule has 0 amide bonds. The zero-order valence-electron chi connectivity index (χ0n) is 16.8. The van der Waals surface area contributed by atoms with Crippen LogP contribution in [-0.2, 0) is 0 Å². The molecule has 1 aromatic rings. The summed E-state index contributed by atoms with van der Waals surface area (Å²) in [6.07, 6.45) is -9.03. The first-order valence-corrected chi connectivity index (χ1v) is 9.63. The Labute approximate surface area is 193 Å². The Morgan fingerprint density at radius 2 is 1.81 bits per heavy atom. The van der Waals surface area contributed by atoms with Crippen molar-refractivity contribution in [3.8, 4) is 5.75 Å². The van der Waals surface area contributed by atoms with Crippen molar-refractivity contribution in [3.05, 3.63) is 29.8 Å². The average molecular weight is 569 g/mol. The lowest BCUT2D eigenvalue weighted by atomic mass is 9.85. The maximum absolute atomic E-state index is 13.0. The molecular formula is C19H26F6IN3O2. The smallest absolute Gasteiger partial charge is 0.406 e. The number of aliphatic hydroxyl groups excluding tert-OH is 1. The molecule has 31 heavy (non-hydrogen) atoms. The highest BCUT2D eigenvalue weighted by molar-refractivity contribution is 14.0. The van der Waals surface area contributed by atoms with Gasteiger partial charge in [-0.05, 0) is 43.9 Å². The molecule has 1 aromatic carbocycles. The first kappa shape index (κ1) is 27.6. The maximum atomic E-state index is 13.0. The summed E-state index contributed by atoms with van der Waals surface area (Å²) in [6.45, 7) is 2.15. The van der Waals surface area contributed by atoms with Crippen LogP contribution in [0.15, 0.2) is 29.3 Å². The number of alkyl halides is 6.